The first-order valence-corrected chi connectivity index (χ1v) is 3.98. The van der Waals surface area contributed by atoms with Crippen molar-refractivity contribution in [1.82, 2.24) is 5.32 Å². The van der Waals surface area contributed by atoms with Gasteiger partial charge in [-0.05, 0) is 25.1 Å². The molecule has 13 heavy (non-hydrogen) atoms. The summed E-state index contributed by atoms with van der Waals surface area (Å²) >= 11 is 0. The molecular formula is C9H11FN2O. The zero-order valence-electron chi connectivity index (χ0n) is 7.30. The molecule has 0 saturated carbocycles. The smallest absolute Gasteiger partial charge is 0.251 e. The molecule has 3 N–H and O–H groups in total. The topological polar surface area (TPSA) is 55.1 Å². The molecule has 1 rings (SSSR count). The van der Waals surface area contributed by atoms with Crippen LogP contribution in [0.15, 0.2) is 18.2 Å². The second kappa shape index (κ2) is 3.89. The van der Waals surface area contributed by atoms with Gasteiger partial charge in [0, 0.05) is 12.1 Å². The highest BCUT2D eigenvalue weighted by molar-refractivity contribution is 5.94. The van der Waals surface area contributed by atoms with Crippen LogP contribution in [0.2, 0.25) is 0 Å². The summed E-state index contributed by atoms with van der Waals surface area (Å²) < 4.78 is 12.9. The van der Waals surface area contributed by atoms with Crippen LogP contribution in [0, 0.1) is 5.82 Å². The lowest BCUT2D eigenvalue weighted by Crippen LogP contribution is -2.22. The third kappa shape index (κ3) is 2.18. The van der Waals surface area contributed by atoms with Crippen molar-refractivity contribution in [3.8, 4) is 0 Å². The molecule has 0 radical (unpaired) electrons. The Morgan fingerprint density at radius 1 is 1.62 bits per heavy atom. The number of hydrogen-bond acceptors (Lipinski definition) is 2. The maximum absolute atomic E-state index is 12.9. The second-order valence-corrected chi connectivity index (χ2v) is 2.60. The van der Waals surface area contributed by atoms with Crippen molar-refractivity contribution in [2.45, 2.75) is 6.92 Å². The van der Waals surface area contributed by atoms with Crippen molar-refractivity contribution in [3.63, 3.8) is 0 Å². The molecule has 0 saturated heterocycles. The molecule has 0 unspecified atom stereocenters. The van der Waals surface area contributed by atoms with Crippen LogP contribution >= 0.6 is 0 Å². The first-order chi connectivity index (χ1) is 6.15. The van der Waals surface area contributed by atoms with Crippen LogP contribution in [0.4, 0.5) is 10.1 Å². The zero-order chi connectivity index (χ0) is 9.84. The maximum atomic E-state index is 12.9. The molecule has 0 aliphatic carbocycles. The van der Waals surface area contributed by atoms with Gasteiger partial charge in [-0.3, -0.25) is 4.79 Å². The summed E-state index contributed by atoms with van der Waals surface area (Å²) in [6.45, 7) is 2.32. The molecule has 3 nitrogen and oxygen atoms in total. The van der Waals surface area contributed by atoms with Gasteiger partial charge in [0.25, 0.3) is 5.91 Å². The lowest BCUT2D eigenvalue weighted by Gasteiger charge is -2.02. The van der Waals surface area contributed by atoms with E-state index >= 15 is 0 Å². The standard InChI is InChI=1S/C9H11FN2O/c1-2-12-9(13)6-3-4-8(11)7(10)5-6/h3-5H,2,11H2,1H3,(H,12,13). The number of anilines is 1. The summed E-state index contributed by atoms with van der Waals surface area (Å²) in [5.74, 6) is -0.856. The number of amides is 1. The Hall–Kier alpha value is -1.58. The number of benzene rings is 1. The van der Waals surface area contributed by atoms with Gasteiger partial charge in [0.1, 0.15) is 5.82 Å². The van der Waals surface area contributed by atoms with Crippen LogP contribution in [0.3, 0.4) is 0 Å². The molecular weight excluding hydrogens is 171 g/mol. The second-order valence-electron chi connectivity index (χ2n) is 2.60. The van der Waals surface area contributed by atoms with Gasteiger partial charge in [0.15, 0.2) is 0 Å². The number of nitrogens with one attached hydrogen (secondary N) is 1. The molecule has 0 spiro atoms. The Morgan fingerprint density at radius 3 is 2.85 bits per heavy atom. The summed E-state index contributed by atoms with van der Waals surface area (Å²) in [5, 5.41) is 2.56. The molecule has 0 aromatic heterocycles. The van der Waals surface area contributed by atoms with Crippen molar-refractivity contribution in [2.75, 3.05) is 12.3 Å². The van der Waals surface area contributed by atoms with Crippen LogP contribution in [0.5, 0.6) is 0 Å². The van der Waals surface area contributed by atoms with Crippen molar-refractivity contribution in [2.24, 2.45) is 0 Å². The average molecular weight is 182 g/mol. The van der Waals surface area contributed by atoms with Crippen molar-refractivity contribution < 1.29 is 9.18 Å². The molecule has 1 amide bonds. The van der Waals surface area contributed by atoms with E-state index in [4.69, 9.17) is 5.73 Å². The molecule has 0 aliphatic heterocycles. The highest BCUT2D eigenvalue weighted by Crippen LogP contribution is 2.11. The highest BCUT2D eigenvalue weighted by Gasteiger charge is 2.06. The minimum absolute atomic E-state index is 0.0491. The number of rotatable bonds is 2. The lowest BCUT2D eigenvalue weighted by atomic mass is 10.2. The summed E-state index contributed by atoms with van der Waals surface area (Å²) in [7, 11) is 0. The normalized spacial score (nSPS) is 9.69. The van der Waals surface area contributed by atoms with E-state index in [0.29, 0.717) is 6.54 Å². The largest absolute Gasteiger partial charge is 0.396 e. The molecule has 1 aromatic carbocycles. The number of nitrogens with two attached hydrogens (primary N) is 1. The van der Waals surface area contributed by atoms with Crippen molar-refractivity contribution >= 4 is 11.6 Å². The lowest BCUT2D eigenvalue weighted by molar-refractivity contribution is 0.0955. The summed E-state index contributed by atoms with van der Waals surface area (Å²) in [6.07, 6.45) is 0. The van der Waals surface area contributed by atoms with Gasteiger partial charge < -0.3 is 11.1 Å². The number of hydrogen-bond donors (Lipinski definition) is 2. The molecule has 0 fully saturated rings. The third-order valence-corrected chi connectivity index (χ3v) is 1.60. The predicted octanol–water partition coefficient (Wildman–Crippen LogP) is 1.16. The molecule has 0 heterocycles. The van der Waals surface area contributed by atoms with Crippen LogP contribution in [-0.2, 0) is 0 Å². The number of halogens is 1. The number of nitrogen functional groups attached to an aromatic ring is 1. The van der Waals surface area contributed by atoms with E-state index < -0.39 is 5.82 Å². The quantitative estimate of drug-likeness (QED) is 0.674. The average Bonchev–Trinajstić information content (AvgIpc) is 2.10. The summed E-state index contributed by atoms with van der Waals surface area (Å²) in [6, 6.07) is 3.99. The van der Waals surface area contributed by atoms with E-state index in [-0.39, 0.29) is 17.2 Å². The predicted molar refractivity (Wildman–Crippen MR) is 48.8 cm³/mol. The SMILES string of the molecule is CCNC(=O)c1ccc(N)c(F)c1. The van der Waals surface area contributed by atoms with Crippen LogP contribution in [0.25, 0.3) is 0 Å². The molecule has 0 bridgehead atoms. The Bertz CT molecular complexity index is 325. The Balaban J connectivity index is 2.90. The summed E-state index contributed by atoms with van der Waals surface area (Å²) in [4.78, 5) is 11.2. The van der Waals surface area contributed by atoms with Crippen LogP contribution in [0.1, 0.15) is 17.3 Å². The molecule has 4 heteroatoms. The Morgan fingerprint density at radius 2 is 2.31 bits per heavy atom. The van der Waals surface area contributed by atoms with Gasteiger partial charge in [-0.15, -0.1) is 0 Å². The zero-order valence-corrected chi connectivity index (χ0v) is 7.30. The van der Waals surface area contributed by atoms with Gasteiger partial charge in [-0.2, -0.15) is 0 Å². The number of carbonyl (C=O) groups is 1. The first-order valence-electron chi connectivity index (χ1n) is 3.98. The molecule has 1 aromatic rings. The third-order valence-electron chi connectivity index (χ3n) is 1.60. The minimum Gasteiger partial charge on any atom is -0.396 e. The van der Waals surface area contributed by atoms with E-state index in [1.165, 1.54) is 12.1 Å². The molecule has 70 valence electrons. The fourth-order valence-electron chi connectivity index (χ4n) is 0.931. The van der Waals surface area contributed by atoms with E-state index in [9.17, 15) is 9.18 Å². The maximum Gasteiger partial charge on any atom is 0.251 e. The van der Waals surface area contributed by atoms with Crippen LogP contribution in [-0.4, -0.2) is 12.5 Å². The fourth-order valence-corrected chi connectivity index (χ4v) is 0.931. The van der Waals surface area contributed by atoms with Gasteiger partial charge >= 0.3 is 0 Å². The van der Waals surface area contributed by atoms with E-state index in [2.05, 4.69) is 5.32 Å². The first kappa shape index (κ1) is 9.51. The number of carbonyl (C=O) groups excluding carboxylic acids is 1. The van der Waals surface area contributed by atoms with Gasteiger partial charge in [-0.25, -0.2) is 4.39 Å². The van der Waals surface area contributed by atoms with E-state index in [1.54, 1.807) is 6.92 Å². The Labute approximate surface area is 75.7 Å². The molecule has 0 aliphatic rings. The van der Waals surface area contributed by atoms with E-state index in [0.717, 1.165) is 6.07 Å². The summed E-state index contributed by atoms with van der Waals surface area (Å²) in [5.41, 5.74) is 5.59. The highest BCUT2D eigenvalue weighted by atomic mass is 19.1. The van der Waals surface area contributed by atoms with E-state index in [1.807, 2.05) is 0 Å². The Kier molecular flexibility index (Phi) is 2.84. The minimum atomic E-state index is -0.566. The van der Waals surface area contributed by atoms with Gasteiger partial charge in [0.05, 0.1) is 5.69 Å². The van der Waals surface area contributed by atoms with Crippen LogP contribution < -0.4 is 11.1 Å². The molecule has 0 atom stereocenters. The van der Waals surface area contributed by atoms with Gasteiger partial charge in [0.2, 0.25) is 0 Å². The fraction of sp³-hybridized carbons (Fsp3) is 0.222. The monoisotopic (exact) mass is 182 g/mol. The van der Waals surface area contributed by atoms with Crippen molar-refractivity contribution in [1.29, 1.82) is 0 Å². The van der Waals surface area contributed by atoms with Crippen molar-refractivity contribution in [3.05, 3.63) is 29.6 Å². The van der Waals surface area contributed by atoms with Gasteiger partial charge in [-0.1, -0.05) is 0 Å².